The van der Waals surface area contributed by atoms with Gasteiger partial charge >= 0.3 is 0 Å². The predicted octanol–water partition coefficient (Wildman–Crippen LogP) is 3.44. The highest BCUT2D eigenvalue weighted by Gasteiger charge is 2.24. The van der Waals surface area contributed by atoms with Gasteiger partial charge in [0.25, 0.3) is 5.91 Å². The number of amides is 2. The lowest BCUT2D eigenvalue weighted by molar-refractivity contribution is -0.117. The minimum atomic E-state index is -0.258. The number of hydrogen-bond acceptors (Lipinski definition) is 4. The lowest BCUT2D eigenvalue weighted by Gasteiger charge is -2.17. The van der Waals surface area contributed by atoms with Gasteiger partial charge < -0.3 is 10.2 Å². The van der Waals surface area contributed by atoms with Gasteiger partial charge in [-0.15, -0.1) is 11.3 Å². The van der Waals surface area contributed by atoms with Gasteiger partial charge in [-0.3, -0.25) is 9.59 Å². The zero-order chi connectivity index (χ0) is 18.8. The third kappa shape index (κ3) is 3.61. The van der Waals surface area contributed by atoms with E-state index in [-0.39, 0.29) is 18.4 Å². The maximum Gasteiger partial charge on any atom is 0.251 e. The number of benzene rings is 2. The number of rotatable bonds is 4. The molecule has 6 heteroatoms. The van der Waals surface area contributed by atoms with Gasteiger partial charge in [-0.1, -0.05) is 30.3 Å². The van der Waals surface area contributed by atoms with Crippen molar-refractivity contribution < 1.29 is 9.59 Å². The molecule has 5 nitrogen and oxygen atoms in total. The summed E-state index contributed by atoms with van der Waals surface area (Å²) >= 11 is 1.55. The van der Waals surface area contributed by atoms with Gasteiger partial charge in [-0.05, 0) is 37.1 Å². The van der Waals surface area contributed by atoms with Crippen molar-refractivity contribution in [1.29, 1.82) is 0 Å². The van der Waals surface area contributed by atoms with Crippen molar-refractivity contribution in [2.24, 2.45) is 0 Å². The van der Waals surface area contributed by atoms with Gasteiger partial charge in [-0.25, -0.2) is 4.98 Å². The Bertz CT molecular complexity index is 1010. The Morgan fingerprint density at radius 3 is 2.85 bits per heavy atom. The van der Waals surface area contributed by atoms with E-state index in [2.05, 4.69) is 10.3 Å². The highest BCUT2D eigenvalue weighted by atomic mass is 32.1. The van der Waals surface area contributed by atoms with E-state index >= 15 is 0 Å². The number of carbonyl (C=O) groups is 2. The second-order valence-corrected chi connectivity index (χ2v) is 7.34. The van der Waals surface area contributed by atoms with Crippen LogP contribution in [0.3, 0.4) is 0 Å². The number of aromatic nitrogens is 1. The molecule has 2 heterocycles. The maximum absolute atomic E-state index is 12.5. The molecule has 0 aliphatic carbocycles. The van der Waals surface area contributed by atoms with E-state index in [0.29, 0.717) is 12.1 Å². The summed E-state index contributed by atoms with van der Waals surface area (Å²) in [6, 6.07) is 15.2. The number of anilines is 1. The quantitative estimate of drug-likeness (QED) is 0.758. The summed E-state index contributed by atoms with van der Waals surface area (Å²) in [6.45, 7) is 2.58. The second kappa shape index (κ2) is 7.32. The zero-order valence-corrected chi connectivity index (χ0v) is 15.8. The topological polar surface area (TPSA) is 62.3 Å². The third-order valence-electron chi connectivity index (χ3n) is 4.58. The maximum atomic E-state index is 12.5. The largest absolute Gasteiger partial charge is 0.343 e. The summed E-state index contributed by atoms with van der Waals surface area (Å²) in [7, 11) is 0. The summed E-state index contributed by atoms with van der Waals surface area (Å²) in [4.78, 5) is 31.2. The van der Waals surface area contributed by atoms with Crippen LogP contribution in [0.1, 0.15) is 21.6 Å². The summed E-state index contributed by atoms with van der Waals surface area (Å²) in [5, 5.41) is 5.61. The number of hydrogen-bond donors (Lipinski definition) is 1. The van der Waals surface area contributed by atoms with Crippen LogP contribution in [0.4, 0.5) is 5.69 Å². The van der Waals surface area contributed by atoms with E-state index in [9.17, 15) is 9.59 Å². The summed E-state index contributed by atoms with van der Waals surface area (Å²) < 4.78 is 0. The van der Waals surface area contributed by atoms with Gasteiger partial charge in [0.05, 0.1) is 6.54 Å². The lowest BCUT2D eigenvalue weighted by Crippen LogP contribution is -2.39. The van der Waals surface area contributed by atoms with Crippen molar-refractivity contribution in [3.8, 4) is 10.6 Å². The Hall–Kier alpha value is -2.99. The van der Waals surface area contributed by atoms with Crippen molar-refractivity contribution in [3.05, 3.63) is 70.7 Å². The molecule has 1 N–H and O–H groups in total. The van der Waals surface area contributed by atoms with E-state index in [1.165, 1.54) is 5.56 Å². The Balaban J connectivity index is 1.42. The average molecular weight is 377 g/mol. The van der Waals surface area contributed by atoms with E-state index in [1.807, 2.05) is 54.8 Å². The number of nitrogens with zero attached hydrogens (tertiary/aromatic N) is 2. The normalized spacial score (nSPS) is 12.7. The fourth-order valence-corrected chi connectivity index (χ4v) is 4.03. The van der Waals surface area contributed by atoms with E-state index in [4.69, 9.17) is 0 Å². The predicted molar refractivity (Wildman–Crippen MR) is 107 cm³/mol. The summed E-state index contributed by atoms with van der Waals surface area (Å²) in [6.07, 6.45) is 0.852. The van der Waals surface area contributed by atoms with Crippen molar-refractivity contribution in [2.75, 3.05) is 18.0 Å². The molecule has 1 aliphatic heterocycles. The Morgan fingerprint density at radius 2 is 2.04 bits per heavy atom. The molecule has 0 atom stereocenters. The van der Waals surface area contributed by atoms with E-state index in [1.54, 1.807) is 22.3 Å². The number of para-hydroxylation sites is 1. The van der Waals surface area contributed by atoms with Crippen molar-refractivity contribution in [1.82, 2.24) is 10.3 Å². The number of aryl methyl sites for hydroxylation is 1. The van der Waals surface area contributed by atoms with E-state index < -0.39 is 0 Å². The average Bonchev–Trinajstić information content (AvgIpc) is 3.32. The summed E-state index contributed by atoms with van der Waals surface area (Å²) in [5.74, 6) is -0.356. The monoisotopic (exact) mass is 377 g/mol. The molecule has 0 unspecified atom stereocenters. The molecule has 136 valence electrons. The zero-order valence-electron chi connectivity index (χ0n) is 14.9. The van der Waals surface area contributed by atoms with E-state index in [0.717, 1.165) is 28.4 Å². The molecule has 2 aromatic carbocycles. The highest BCUT2D eigenvalue weighted by molar-refractivity contribution is 7.13. The second-order valence-electron chi connectivity index (χ2n) is 6.48. The molecule has 27 heavy (non-hydrogen) atoms. The summed E-state index contributed by atoms with van der Waals surface area (Å²) in [5.41, 5.74) is 4.50. The molecule has 1 aliphatic rings. The molecule has 2 amide bonds. The van der Waals surface area contributed by atoms with Crippen LogP contribution >= 0.6 is 11.3 Å². The Kier molecular flexibility index (Phi) is 4.73. The third-order valence-corrected chi connectivity index (χ3v) is 5.59. The van der Waals surface area contributed by atoms with Gasteiger partial charge in [0.1, 0.15) is 5.01 Å². The number of carbonyl (C=O) groups excluding carboxylic acids is 2. The fraction of sp³-hybridized carbons (Fsp3) is 0.190. The molecule has 0 radical (unpaired) electrons. The van der Waals surface area contributed by atoms with Crippen LogP contribution in [0.25, 0.3) is 10.6 Å². The van der Waals surface area contributed by atoms with Crippen molar-refractivity contribution in [2.45, 2.75) is 13.3 Å². The lowest BCUT2D eigenvalue weighted by atomic mass is 10.1. The van der Waals surface area contributed by atoms with Crippen LogP contribution in [0.15, 0.2) is 53.9 Å². The molecule has 0 spiro atoms. The first kappa shape index (κ1) is 17.4. The standard InChI is InChI=1S/C21H19N3O2S/c1-14-13-27-21(23-14)17-7-4-6-16(11-17)20(26)22-12-19(25)24-10-9-15-5-2-3-8-18(15)24/h2-8,11,13H,9-10,12H2,1H3,(H,22,26). The first-order chi connectivity index (χ1) is 13.1. The van der Waals surface area contributed by atoms with Crippen molar-refractivity contribution in [3.63, 3.8) is 0 Å². The first-order valence-electron chi connectivity index (χ1n) is 8.81. The molecular weight excluding hydrogens is 358 g/mol. The van der Waals surface area contributed by atoms with Crippen LogP contribution in [-0.2, 0) is 11.2 Å². The SMILES string of the molecule is Cc1csc(-c2cccc(C(=O)NCC(=O)N3CCc4ccccc43)c2)n1. The number of fused-ring (bicyclic) bond motifs is 1. The van der Waals surface area contributed by atoms with Crippen molar-refractivity contribution >= 4 is 28.8 Å². The number of thiazole rings is 1. The van der Waals surface area contributed by atoms with Gasteiger partial charge in [0.2, 0.25) is 5.91 Å². The number of nitrogens with one attached hydrogen (secondary N) is 1. The fourth-order valence-electron chi connectivity index (χ4n) is 3.23. The minimum absolute atomic E-state index is 0.0201. The molecule has 1 aromatic heterocycles. The molecule has 4 rings (SSSR count). The van der Waals surface area contributed by atoms with Gasteiger partial charge in [0.15, 0.2) is 0 Å². The first-order valence-corrected chi connectivity index (χ1v) is 9.69. The molecule has 0 fully saturated rings. The minimum Gasteiger partial charge on any atom is -0.343 e. The molecule has 0 saturated heterocycles. The van der Waals surface area contributed by atoms with Gasteiger partial charge in [0, 0.05) is 34.4 Å². The van der Waals surface area contributed by atoms with Crippen LogP contribution < -0.4 is 10.2 Å². The highest BCUT2D eigenvalue weighted by Crippen LogP contribution is 2.27. The molecule has 0 saturated carbocycles. The van der Waals surface area contributed by atoms with Gasteiger partial charge in [-0.2, -0.15) is 0 Å². The molecule has 0 bridgehead atoms. The van der Waals surface area contributed by atoms with Crippen LogP contribution in [0.5, 0.6) is 0 Å². The smallest absolute Gasteiger partial charge is 0.251 e. The van der Waals surface area contributed by atoms with Crippen LogP contribution in [-0.4, -0.2) is 29.9 Å². The molecular formula is C21H19N3O2S. The van der Waals surface area contributed by atoms with Crippen LogP contribution in [0.2, 0.25) is 0 Å². The molecule has 3 aromatic rings. The Morgan fingerprint density at radius 1 is 1.19 bits per heavy atom. The Labute approximate surface area is 161 Å². The van der Waals surface area contributed by atoms with Crippen LogP contribution in [0, 0.1) is 6.92 Å².